The quantitative estimate of drug-likeness (QED) is 0.670. The number of aromatic nitrogens is 4. The number of aryl methyl sites for hydroxylation is 1. The number of hydrogen-bond donors (Lipinski definition) is 0. The number of halogens is 3. The van der Waals surface area contributed by atoms with Crippen molar-refractivity contribution >= 4 is 51.6 Å². The molecule has 2 aromatic rings. The average Bonchev–Trinajstić information content (AvgIpc) is 2.72. The minimum absolute atomic E-state index is 0.0390. The molecule has 11 heteroatoms. The number of nitrogens with zero attached hydrogens (tertiary/aromatic N) is 4. The summed E-state index contributed by atoms with van der Waals surface area (Å²) >= 11 is 6.46. The van der Waals surface area contributed by atoms with Gasteiger partial charge in [0.05, 0.1) is 20.9 Å². The lowest BCUT2D eigenvalue weighted by Crippen LogP contribution is -2.01. The zero-order valence-corrected chi connectivity index (χ0v) is 14.7. The van der Waals surface area contributed by atoms with Crippen molar-refractivity contribution in [3.8, 4) is 5.75 Å². The Bertz CT molecular complexity index is 726. The summed E-state index contributed by atoms with van der Waals surface area (Å²) in [5, 5.41) is 11.4. The molecule has 0 spiro atoms. The Kier molecular flexibility index (Phi) is 4.67. The van der Waals surface area contributed by atoms with Crippen LogP contribution in [0.2, 0.25) is 0 Å². The molecule has 0 aliphatic heterocycles. The smallest absolute Gasteiger partial charge is 0.261 e. The van der Waals surface area contributed by atoms with Gasteiger partial charge in [-0.15, -0.1) is 10.2 Å². The van der Waals surface area contributed by atoms with Crippen molar-refractivity contribution in [3.63, 3.8) is 0 Å². The predicted molar refractivity (Wildman–Crippen MR) is 78.0 cm³/mol. The van der Waals surface area contributed by atoms with Gasteiger partial charge in [-0.3, -0.25) is 0 Å². The first-order valence-corrected chi connectivity index (χ1v) is 8.96. The number of benzene rings is 1. The largest absolute Gasteiger partial charge is 0.483 e. The van der Waals surface area contributed by atoms with Crippen molar-refractivity contribution in [1.29, 1.82) is 0 Å². The van der Waals surface area contributed by atoms with Crippen molar-refractivity contribution < 1.29 is 13.2 Å². The van der Waals surface area contributed by atoms with E-state index < -0.39 is 9.05 Å². The first kappa shape index (κ1) is 15.7. The maximum absolute atomic E-state index is 11.3. The molecule has 20 heavy (non-hydrogen) atoms. The lowest BCUT2D eigenvalue weighted by atomic mass is 10.3. The molecule has 0 saturated carbocycles. The molecular formula is C9H7Br2ClN4O3S. The first-order chi connectivity index (χ1) is 9.27. The van der Waals surface area contributed by atoms with Crippen LogP contribution in [0.1, 0.15) is 5.82 Å². The van der Waals surface area contributed by atoms with Gasteiger partial charge in [-0.1, -0.05) is 0 Å². The Morgan fingerprint density at radius 1 is 1.35 bits per heavy atom. The molecule has 0 N–H and O–H groups in total. The van der Waals surface area contributed by atoms with Gasteiger partial charge >= 0.3 is 0 Å². The second-order valence-corrected chi connectivity index (χ2v) is 7.91. The van der Waals surface area contributed by atoms with Gasteiger partial charge < -0.3 is 4.74 Å². The molecule has 0 amide bonds. The lowest BCUT2D eigenvalue weighted by Gasteiger charge is -2.09. The normalized spacial score (nSPS) is 11.6. The van der Waals surface area contributed by atoms with Gasteiger partial charge in [-0.2, -0.15) is 4.80 Å². The molecule has 1 aromatic carbocycles. The van der Waals surface area contributed by atoms with Crippen LogP contribution in [0, 0.1) is 0 Å². The van der Waals surface area contributed by atoms with Crippen molar-refractivity contribution in [1.82, 2.24) is 20.2 Å². The van der Waals surface area contributed by atoms with Crippen LogP contribution in [0.25, 0.3) is 0 Å². The van der Waals surface area contributed by atoms with Crippen molar-refractivity contribution in [2.45, 2.75) is 11.5 Å². The van der Waals surface area contributed by atoms with Crippen LogP contribution < -0.4 is 4.74 Å². The summed E-state index contributed by atoms with van der Waals surface area (Å²) in [7, 11) is 3.12. The molecule has 108 valence electrons. The highest BCUT2D eigenvalue weighted by molar-refractivity contribution is 9.11. The number of rotatable bonds is 4. The van der Waals surface area contributed by atoms with E-state index in [1.807, 2.05) is 0 Å². The molecule has 0 aliphatic carbocycles. The van der Waals surface area contributed by atoms with Crippen molar-refractivity contribution in [2.75, 3.05) is 0 Å². The standard InChI is InChI=1S/C9H7Br2ClN4O3S/c1-16-14-8(13-15-16)4-19-9-6(10)2-5(3-7(9)11)20(12,17)18/h2-3H,4H2,1H3. The second-order valence-electron chi connectivity index (χ2n) is 3.64. The van der Waals surface area contributed by atoms with Crippen LogP contribution in [-0.4, -0.2) is 28.6 Å². The lowest BCUT2D eigenvalue weighted by molar-refractivity contribution is 0.291. The minimum atomic E-state index is -3.81. The van der Waals surface area contributed by atoms with Gasteiger partial charge in [0.15, 0.2) is 6.61 Å². The zero-order chi connectivity index (χ0) is 14.9. The monoisotopic (exact) mass is 444 g/mol. The van der Waals surface area contributed by atoms with E-state index in [4.69, 9.17) is 15.4 Å². The summed E-state index contributed by atoms with van der Waals surface area (Å²) in [6.45, 7) is 0.0952. The number of hydrogen-bond acceptors (Lipinski definition) is 6. The van der Waals surface area contributed by atoms with Crippen LogP contribution in [0.3, 0.4) is 0 Å². The van der Waals surface area contributed by atoms with Gasteiger partial charge in [0, 0.05) is 10.7 Å². The molecule has 0 unspecified atom stereocenters. The maximum Gasteiger partial charge on any atom is 0.261 e. The highest BCUT2D eigenvalue weighted by atomic mass is 79.9. The van der Waals surface area contributed by atoms with Gasteiger partial charge in [-0.05, 0) is 49.2 Å². The van der Waals surface area contributed by atoms with E-state index in [-0.39, 0.29) is 11.5 Å². The van der Waals surface area contributed by atoms with Gasteiger partial charge in [0.1, 0.15) is 5.75 Å². The van der Waals surface area contributed by atoms with E-state index in [1.54, 1.807) is 7.05 Å². The molecule has 0 bridgehead atoms. The predicted octanol–water partition coefficient (Wildman–Crippen LogP) is 2.24. The molecule has 0 atom stereocenters. The van der Waals surface area contributed by atoms with E-state index in [2.05, 4.69) is 47.3 Å². The van der Waals surface area contributed by atoms with Gasteiger partial charge in [-0.25, -0.2) is 8.42 Å². The first-order valence-electron chi connectivity index (χ1n) is 5.07. The summed E-state index contributed by atoms with van der Waals surface area (Å²) in [5.41, 5.74) is 0. The van der Waals surface area contributed by atoms with Gasteiger partial charge in [0.25, 0.3) is 9.05 Å². The van der Waals surface area contributed by atoms with Crippen LogP contribution in [0.5, 0.6) is 5.75 Å². The van der Waals surface area contributed by atoms with Gasteiger partial charge in [0.2, 0.25) is 5.82 Å². The summed E-state index contributed by atoms with van der Waals surface area (Å²) in [6.07, 6.45) is 0. The number of ether oxygens (including phenoxy) is 1. The second kappa shape index (κ2) is 5.96. The molecule has 0 fully saturated rings. The minimum Gasteiger partial charge on any atom is -0.483 e. The molecular weight excluding hydrogens is 439 g/mol. The Balaban J connectivity index is 2.25. The van der Waals surface area contributed by atoms with E-state index in [0.29, 0.717) is 20.5 Å². The third kappa shape index (κ3) is 3.68. The highest BCUT2D eigenvalue weighted by Crippen LogP contribution is 2.37. The fourth-order valence-electron chi connectivity index (χ4n) is 1.33. The van der Waals surface area contributed by atoms with Crippen LogP contribution in [0.15, 0.2) is 26.0 Å². The van der Waals surface area contributed by atoms with Crippen molar-refractivity contribution in [3.05, 3.63) is 26.9 Å². The summed E-state index contributed by atoms with van der Waals surface area (Å²) in [6, 6.07) is 2.71. The molecule has 1 aromatic heterocycles. The topological polar surface area (TPSA) is 87.0 Å². The Morgan fingerprint density at radius 2 is 1.95 bits per heavy atom. The molecule has 0 radical (unpaired) electrons. The van der Waals surface area contributed by atoms with E-state index in [9.17, 15) is 8.42 Å². The molecule has 1 heterocycles. The number of tetrazole rings is 1. The van der Waals surface area contributed by atoms with Crippen LogP contribution >= 0.6 is 42.5 Å². The SMILES string of the molecule is Cn1nnc(COc2c(Br)cc(S(=O)(=O)Cl)cc2Br)n1. The Hall–Kier alpha value is -0.710. The molecule has 2 rings (SSSR count). The van der Waals surface area contributed by atoms with Crippen molar-refractivity contribution in [2.24, 2.45) is 7.05 Å². The van der Waals surface area contributed by atoms with E-state index in [1.165, 1.54) is 16.9 Å². The van der Waals surface area contributed by atoms with E-state index in [0.717, 1.165) is 0 Å². The maximum atomic E-state index is 11.3. The molecule has 7 nitrogen and oxygen atoms in total. The third-order valence-corrected chi connectivity index (χ3v) is 4.66. The third-order valence-electron chi connectivity index (χ3n) is 2.15. The Morgan fingerprint density at radius 3 is 2.40 bits per heavy atom. The fourth-order valence-corrected chi connectivity index (χ4v) is 3.84. The fraction of sp³-hybridized carbons (Fsp3) is 0.222. The average molecular weight is 447 g/mol. The summed E-state index contributed by atoms with van der Waals surface area (Å²) in [4.78, 5) is 1.27. The van der Waals surface area contributed by atoms with Crippen LogP contribution in [0.4, 0.5) is 0 Å². The zero-order valence-electron chi connectivity index (χ0n) is 9.92. The van der Waals surface area contributed by atoms with Crippen LogP contribution in [-0.2, 0) is 22.7 Å². The summed E-state index contributed by atoms with van der Waals surface area (Å²) < 4.78 is 29.0. The highest BCUT2D eigenvalue weighted by Gasteiger charge is 2.17. The molecule has 0 aliphatic rings. The Labute approximate surface area is 135 Å². The molecule has 0 saturated heterocycles. The van der Waals surface area contributed by atoms with E-state index >= 15 is 0 Å². The summed E-state index contributed by atoms with van der Waals surface area (Å²) in [5.74, 6) is 0.821.